The highest BCUT2D eigenvalue weighted by atomic mass is 35.5. The fraction of sp³-hybridized carbons (Fsp3) is 0.462. The molecule has 0 heterocycles. The minimum atomic E-state index is -0.335. The van der Waals surface area contributed by atoms with E-state index in [9.17, 15) is 9.90 Å². The molecule has 1 aliphatic rings. The van der Waals surface area contributed by atoms with Gasteiger partial charge in [0.2, 0.25) is 0 Å². The van der Waals surface area contributed by atoms with E-state index in [0.717, 1.165) is 0 Å². The second-order valence-electron chi connectivity index (χ2n) is 5.11. The maximum absolute atomic E-state index is 11.9. The van der Waals surface area contributed by atoms with Crippen molar-refractivity contribution in [2.45, 2.75) is 32.4 Å². The molecule has 92 valence electrons. The quantitative estimate of drug-likeness (QED) is 0.849. The van der Waals surface area contributed by atoms with Crippen molar-refractivity contribution in [1.82, 2.24) is 5.32 Å². The number of benzene rings is 1. The van der Waals surface area contributed by atoms with Crippen LogP contribution >= 0.6 is 11.6 Å². The lowest BCUT2D eigenvalue weighted by Gasteiger charge is -2.49. The molecule has 0 radical (unpaired) electrons. The highest BCUT2D eigenvalue weighted by Gasteiger charge is 2.47. The second-order valence-corrected chi connectivity index (χ2v) is 5.54. The summed E-state index contributed by atoms with van der Waals surface area (Å²) >= 11 is 5.76. The van der Waals surface area contributed by atoms with E-state index in [4.69, 9.17) is 11.6 Å². The fourth-order valence-electron chi connectivity index (χ4n) is 1.99. The lowest BCUT2D eigenvalue weighted by atomic mass is 9.64. The number of halogens is 1. The van der Waals surface area contributed by atoms with Gasteiger partial charge in [0.05, 0.1) is 6.10 Å². The average molecular weight is 254 g/mol. The average Bonchev–Trinajstić information content (AvgIpc) is 2.29. The maximum Gasteiger partial charge on any atom is 0.251 e. The smallest absolute Gasteiger partial charge is 0.251 e. The predicted molar refractivity (Wildman–Crippen MR) is 67.1 cm³/mol. The molecule has 2 unspecified atom stereocenters. The van der Waals surface area contributed by atoms with Gasteiger partial charge in [0.1, 0.15) is 0 Å². The van der Waals surface area contributed by atoms with Crippen LogP contribution in [0.25, 0.3) is 0 Å². The predicted octanol–water partition coefficient (Wildman–Crippen LogP) is 2.23. The van der Waals surface area contributed by atoms with Gasteiger partial charge in [0, 0.05) is 22.0 Å². The lowest BCUT2D eigenvalue weighted by Crippen LogP contribution is -2.61. The van der Waals surface area contributed by atoms with Crippen LogP contribution in [0.4, 0.5) is 0 Å². The van der Waals surface area contributed by atoms with Crippen molar-refractivity contribution in [3.05, 3.63) is 34.9 Å². The van der Waals surface area contributed by atoms with Gasteiger partial charge in [-0.2, -0.15) is 0 Å². The Morgan fingerprint density at radius 2 is 2.00 bits per heavy atom. The van der Waals surface area contributed by atoms with Gasteiger partial charge in [-0.1, -0.05) is 25.4 Å². The van der Waals surface area contributed by atoms with E-state index in [1.165, 1.54) is 0 Å². The molecule has 1 aromatic rings. The molecular weight excluding hydrogens is 238 g/mol. The van der Waals surface area contributed by atoms with E-state index in [1.54, 1.807) is 24.3 Å². The number of hydrogen-bond acceptors (Lipinski definition) is 2. The molecule has 1 aliphatic carbocycles. The molecule has 17 heavy (non-hydrogen) atoms. The molecule has 2 atom stereocenters. The van der Waals surface area contributed by atoms with Gasteiger partial charge in [-0.3, -0.25) is 4.79 Å². The molecule has 3 nitrogen and oxygen atoms in total. The Balaban J connectivity index is 2.01. The van der Waals surface area contributed by atoms with Crippen molar-refractivity contribution in [3.8, 4) is 0 Å². The number of amides is 1. The first kappa shape index (κ1) is 12.4. The molecule has 0 bridgehead atoms. The number of rotatable bonds is 2. The van der Waals surface area contributed by atoms with Gasteiger partial charge in [0.15, 0.2) is 0 Å². The number of aliphatic hydroxyl groups excluding tert-OH is 1. The third kappa shape index (κ3) is 2.31. The van der Waals surface area contributed by atoms with Crippen LogP contribution < -0.4 is 5.32 Å². The first-order valence-electron chi connectivity index (χ1n) is 5.66. The molecule has 2 rings (SSSR count). The van der Waals surface area contributed by atoms with Crippen molar-refractivity contribution in [2.75, 3.05) is 0 Å². The van der Waals surface area contributed by atoms with Gasteiger partial charge >= 0.3 is 0 Å². The third-order valence-electron chi connectivity index (χ3n) is 3.63. The number of carbonyl (C=O) groups excluding carboxylic acids is 1. The van der Waals surface area contributed by atoms with Crippen LogP contribution in [-0.4, -0.2) is 23.2 Å². The summed E-state index contributed by atoms with van der Waals surface area (Å²) in [6, 6.07) is 6.80. The van der Waals surface area contributed by atoms with E-state index < -0.39 is 0 Å². The topological polar surface area (TPSA) is 49.3 Å². The van der Waals surface area contributed by atoms with Gasteiger partial charge in [-0.25, -0.2) is 0 Å². The normalized spacial score (nSPS) is 26.1. The summed E-state index contributed by atoms with van der Waals surface area (Å²) in [6.07, 6.45) is 0.282. The zero-order valence-electron chi connectivity index (χ0n) is 9.90. The maximum atomic E-state index is 11.9. The highest BCUT2D eigenvalue weighted by molar-refractivity contribution is 6.30. The van der Waals surface area contributed by atoms with Crippen molar-refractivity contribution >= 4 is 17.5 Å². The zero-order chi connectivity index (χ0) is 12.6. The lowest BCUT2D eigenvalue weighted by molar-refractivity contribution is -0.0689. The molecular formula is C13H16ClNO2. The molecule has 1 aromatic carbocycles. The Morgan fingerprint density at radius 1 is 1.41 bits per heavy atom. The van der Waals surface area contributed by atoms with E-state index in [2.05, 4.69) is 5.32 Å². The van der Waals surface area contributed by atoms with Gasteiger partial charge in [-0.15, -0.1) is 0 Å². The molecule has 4 heteroatoms. The van der Waals surface area contributed by atoms with Crippen molar-refractivity contribution in [1.29, 1.82) is 0 Å². The largest absolute Gasteiger partial charge is 0.392 e. The number of aliphatic hydroxyl groups is 1. The van der Waals surface area contributed by atoms with E-state index in [0.29, 0.717) is 17.0 Å². The summed E-state index contributed by atoms with van der Waals surface area (Å²) in [6.45, 7) is 3.90. The third-order valence-corrected chi connectivity index (χ3v) is 3.88. The monoisotopic (exact) mass is 253 g/mol. The van der Waals surface area contributed by atoms with Crippen LogP contribution in [-0.2, 0) is 0 Å². The first-order chi connectivity index (χ1) is 7.91. The molecule has 0 spiro atoms. The summed E-state index contributed by atoms with van der Waals surface area (Å²) in [5, 5.41) is 13.1. The molecule has 0 aliphatic heterocycles. The molecule has 2 N–H and O–H groups in total. The minimum Gasteiger partial charge on any atom is -0.392 e. The van der Waals surface area contributed by atoms with Crippen LogP contribution in [0.5, 0.6) is 0 Å². The molecule has 0 aromatic heterocycles. The fourth-order valence-corrected chi connectivity index (χ4v) is 2.12. The Labute approximate surface area is 106 Å². The van der Waals surface area contributed by atoms with Crippen molar-refractivity contribution < 1.29 is 9.90 Å². The number of carbonyl (C=O) groups is 1. The van der Waals surface area contributed by atoms with Crippen LogP contribution in [0.3, 0.4) is 0 Å². The summed E-state index contributed by atoms with van der Waals surface area (Å²) in [7, 11) is 0. The molecule has 1 amide bonds. The first-order valence-corrected chi connectivity index (χ1v) is 6.03. The molecule has 1 saturated carbocycles. The zero-order valence-corrected chi connectivity index (χ0v) is 10.7. The standard InChI is InChI=1S/C13H16ClNO2/c1-13(2)10(7-11(13)16)15-12(17)8-3-5-9(14)6-4-8/h3-6,10-11,16H,7H2,1-2H3,(H,15,17). The summed E-state index contributed by atoms with van der Waals surface area (Å²) in [5.74, 6) is -0.119. The van der Waals surface area contributed by atoms with Crippen LogP contribution in [0.2, 0.25) is 5.02 Å². The van der Waals surface area contributed by atoms with Gasteiger partial charge in [-0.05, 0) is 30.7 Å². The Kier molecular flexibility index (Phi) is 3.15. The van der Waals surface area contributed by atoms with Crippen molar-refractivity contribution in [3.63, 3.8) is 0 Å². The van der Waals surface area contributed by atoms with Crippen LogP contribution in [0.1, 0.15) is 30.6 Å². The Hall–Kier alpha value is -1.06. The van der Waals surface area contributed by atoms with E-state index >= 15 is 0 Å². The van der Waals surface area contributed by atoms with Crippen LogP contribution in [0.15, 0.2) is 24.3 Å². The number of nitrogens with one attached hydrogen (secondary N) is 1. The van der Waals surface area contributed by atoms with E-state index in [-0.39, 0.29) is 23.5 Å². The van der Waals surface area contributed by atoms with E-state index in [1.807, 2.05) is 13.8 Å². The summed E-state index contributed by atoms with van der Waals surface area (Å²) in [4.78, 5) is 11.9. The second kappa shape index (κ2) is 4.31. The Bertz CT molecular complexity index is 428. The molecule has 0 saturated heterocycles. The SMILES string of the molecule is CC1(C)C(O)CC1NC(=O)c1ccc(Cl)cc1. The van der Waals surface area contributed by atoms with Crippen LogP contribution in [0, 0.1) is 5.41 Å². The highest BCUT2D eigenvalue weighted by Crippen LogP contribution is 2.40. The minimum absolute atomic E-state index is 0.0284. The Morgan fingerprint density at radius 3 is 2.47 bits per heavy atom. The molecule has 1 fully saturated rings. The summed E-state index contributed by atoms with van der Waals surface area (Å²) in [5.41, 5.74) is 0.342. The number of hydrogen-bond donors (Lipinski definition) is 2. The van der Waals surface area contributed by atoms with Gasteiger partial charge in [0.25, 0.3) is 5.91 Å². The van der Waals surface area contributed by atoms with Crippen molar-refractivity contribution in [2.24, 2.45) is 5.41 Å². The van der Waals surface area contributed by atoms with Gasteiger partial charge < -0.3 is 10.4 Å². The summed E-state index contributed by atoms with van der Waals surface area (Å²) < 4.78 is 0.